The average Bonchev–Trinajstić information content (AvgIpc) is 2.91. The summed E-state index contributed by atoms with van der Waals surface area (Å²) in [5.74, 6) is 1.31. The Morgan fingerprint density at radius 2 is 1.53 bits per heavy atom. The van der Waals surface area contributed by atoms with Gasteiger partial charge in [0.05, 0.1) is 34.5 Å². The highest BCUT2D eigenvalue weighted by molar-refractivity contribution is 7.54. The van der Waals surface area contributed by atoms with Gasteiger partial charge in [0, 0.05) is 17.7 Å². The molecule has 2 aromatic rings. The van der Waals surface area contributed by atoms with Crippen LogP contribution in [0, 0.1) is 0 Å². The number of hydrogen-bond acceptors (Lipinski definition) is 7. The lowest BCUT2D eigenvalue weighted by molar-refractivity contribution is 0.201. The van der Waals surface area contributed by atoms with Crippen molar-refractivity contribution < 1.29 is 27.8 Å². The zero-order valence-electron chi connectivity index (χ0n) is 22.1. The third kappa shape index (κ3) is 7.13. The normalized spacial score (nSPS) is 15.7. The second kappa shape index (κ2) is 13.8. The molecule has 1 N–H and O–H groups in total. The van der Waals surface area contributed by atoms with Gasteiger partial charge in [0.25, 0.3) is 0 Å². The molecule has 0 heterocycles. The largest absolute Gasteiger partial charge is 0.497 e. The molecule has 2 aromatic carbocycles. The molecule has 0 aromatic heterocycles. The van der Waals surface area contributed by atoms with Gasteiger partial charge in [-0.05, 0) is 56.0 Å². The Bertz CT molecular complexity index is 1020. The van der Waals surface area contributed by atoms with Gasteiger partial charge < -0.3 is 23.3 Å². The maximum absolute atomic E-state index is 14.3. The third-order valence-corrected chi connectivity index (χ3v) is 8.66. The van der Waals surface area contributed by atoms with E-state index in [4.69, 9.17) is 23.3 Å². The average molecular weight is 518 g/mol. The van der Waals surface area contributed by atoms with Gasteiger partial charge in [-0.3, -0.25) is 9.88 Å². The summed E-state index contributed by atoms with van der Waals surface area (Å²) in [6, 6.07) is 11.7. The highest BCUT2D eigenvalue weighted by Gasteiger charge is 2.41. The summed E-state index contributed by atoms with van der Waals surface area (Å²) in [6.07, 6.45) is 9.53. The van der Waals surface area contributed by atoms with Gasteiger partial charge in [0.1, 0.15) is 23.0 Å². The van der Waals surface area contributed by atoms with Gasteiger partial charge in [0.2, 0.25) is 0 Å². The second-order valence-corrected chi connectivity index (χ2v) is 10.8. The van der Waals surface area contributed by atoms with Gasteiger partial charge in [-0.25, -0.2) is 0 Å². The highest BCUT2D eigenvalue weighted by Crippen LogP contribution is 2.62. The summed E-state index contributed by atoms with van der Waals surface area (Å²) < 4.78 is 42.7. The van der Waals surface area contributed by atoms with Crippen LogP contribution in [-0.4, -0.2) is 40.6 Å². The van der Waals surface area contributed by atoms with E-state index in [2.05, 4.69) is 5.32 Å². The van der Waals surface area contributed by atoms with Gasteiger partial charge in [0.15, 0.2) is 0 Å². The first-order chi connectivity index (χ1) is 17.5. The van der Waals surface area contributed by atoms with Crippen LogP contribution in [0.2, 0.25) is 0 Å². The van der Waals surface area contributed by atoms with Crippen LogP contribution in [-0.2, 0) is 13.6 Å². The fourth-order valence-corrected chi connectivity index (χ4v) is 6.69. The lowest BCUT2D eigenvalue weighted by Gasteiger charge is -2.34. The number of methoxy groups -OCH3 is 3. The summed E-state index contributed by atoms with van der Waals surface area (Å²) in [5.41, 5.74) is 2.55. The molecule has 8 heteroatoms. The maximum Gasteiger partial charge on any atom is 0.352 e. The first kappa shape index (κ1) is 28.3. The van der Waals surface area contributed by atoms with Crippen molar-refractivity contribution in [3.05, 3.63) is 53.1 Å². The van der Waals surface area contributed by atoms with Crippen molar-refractivity contribution in [2.24, 2.45) is 0 Å². The lowest BCUT2D eigenvalue weighted by Crippen LogP contribution is -2.35. The molecule has 1 aliphatic rings. The van der Waals surface area contributed by atoms with Crippen LogP contribution >= 0.6 is 7.60 Å². The highest BCUT2D eigenvalue weighted by atomic mass is 31.2. The standard InChI is InChI=1S/C28H40NO6P/c1-6-34-36(30,35-7-2)28(29-23-11-9-8-10-12-23)27-22(19-25(32-4)20-26(27)33-5)16-13-21-14-17-24(31-3)18-15-21/h13-20,23,28-29H,6-12H2,1-5H3/b16-13+. The minimum Gasteiger partial charge on any atom is -0.497 e. The number of nitrogens with one attached hydrogen (secondary N) is 1. The Morgan fingerprint density at radius 1 is 0.889 bits per heavy atom. The quantitative estimate of drug-likeness (QED) is 0.225. The molecule has 1 aliphatic carbocycles. The van der Waals surface area contributed by atoms with Crippen LogP contribution in [0.25, 0.3) is 12.2 Å². The van der Waals surface area contributed by atoms with E-state index in [-0.39, 0.29) is 19.3 Å². The van der Waals surface area contributed by atoms with Crippen molar-refractivity contribution in [1.29, 1.82) is 0 Å². The molecule has 1 atom stereocenters. The molecule has 1 fully saturated rings. The zero-order chi connectivity index (χ0) is 26.0. The maximum atomic E-state index is 14.3. The van der Waals surface area contributed by atoms with Crippen LogP contribution in [0.1, 0.15) is 68.4 Å². The third-order valence-electron chi connectivity index (χ3n) is 6.38. The van der Waals surface area contributed by atoms with E-state index in [1.807, 2.05) is 62.4 Å². The van der Waals surface area contributed by atoms with Crippen LogP contribution in [0.4, 0.5) is 0 Å². The van der Waals surface area contributed by atoms with E-state index in [1.54, 1.807) is 21.3 Å². The number of rotatable bonds is 13. The molecule has 0 bridgehead atoms. The van der Waals surface area contributed by atoms with Crippen LogP contribution < -0.4 is 19.5 Å². The number of hydrogen-bond donors (Lipinski definition) is 1. The fraction of sp³-hybridized carbons (Fsp3) is 0.500. The van der Waals surface area contributed by atoms with Gasteiger partial charge in [-0.15, -0.1) is 0 Å². The summed E-state index contributed by atoms with van der Waals surface area (Å²) >= 11 is 0. The Labute approximate surface area is 215 Å². The van der Waals surface area contributed by atoms with E-state index in [0.717, 1.165) is 48.1 Å². The van der Waals surface area contributed by atoms with E-state index >= 15 is 0 Å². The van der Waals surface area contributed by atoms with Crippen LogP contribution in [0.5, 0.6) is 17.2 Å². The van der Waals surface area contributed by atoms with Crippen molar-refractivity contribution in [3.63, 3.8) is 0 Å². The van der Waals surface area contributed by atoms with Crippen molar-refractivity contribution in [3.8, 4) is 17.2 Å². The molecular weight excluding hydrogens is 477 g/mol. The molecule has 1 saturated carbocycles. The summed E-state index contributed by atoms with van der Waals surface area (Å²) in [4.78, 5) is 0. The summed E-state index contributed by atoms with van der Waals surface area (Å²) in [7, 11) is 1.28. The first-order valence-corrected chi connectivity index (χ1v) is 14.3. The second-order valence-electron chi connectivity index (χ2n) is 8.72. The molecule has 0 spiro atoms. The Morgan fingerprint density at radius 3 is 2.08 bits per heavy atom. The minimum atomic E-state index is -3.60. The van der Waals surface area contributed by atoms with Crippen LogP contribution in [0.15, 0.2) is 36.4 Å². The molecule has 1 unspecified atom stereocenters. The lowest BCUT2D eigenvalue weighted by atomic mass is 9.95. The van der Waals surface area contributed by atoms with E-state index < -0.39 is 13.4 Å². The van der Waals surface area contributed by atoms with Gasteiger partial charge in [-0.1, -0.05) is 43.5 Å². The predicted molar refractivity (Wildman–Crippen MR) is 145 cm³/mol. The van der Waals surface area contributed by atoms with E-state index in [0.29, 0.717) is 11.5 Å². The van der Waals surface area contributed by atoms with E-state index in [1.165, 1.54) is 6.42 Å². The number of benzene rings is 2. The van der Waals surface area contributed by atoms with Gasteiger partial charge in [-0.2, -0.15) is 0 Å². The molecule has 7 nitrogen and oxygen atoms in total. The molecule has 0 amide bonds. The Kier molecular flexibility index (Phi) is 10.9. The first-order valence-electron chi connectivity index (χ1n) is 12.7. The molecule has 3 rings (SSSR count). The molecule has 0 aliphatic heterocycles. The van der Waals surface area contributed by atoms with Gasteiger partial charge >= 0.3 is 7.60 Å². The minimum absolute atomic E-state index is 0.211. The monoisotopic (exact) mass is 517 g/mol. The Hall–Kier alpha value is -2.31. The zero-order valence-corrected chi connectivity index (χ0v) is 23.0. The molecule has 36 heavy (non-hydrogen) atoms. The summed E-state index contributed by atoms with van der Waals surface area (Å²) in [6.45, 7) is 4.21. The molecule has 198 valence electrons. The molecule has 0 radical (unpaired) electrons. The fourth-order valence-electron chi connectivity index (χ4n) is 4.61. The molecule has 0 saturated heterocycles. The van der Waals surface area contributed by atoms with Crippen molar-refractivity contribution in [2.45, 2.75) is 57.8 Å². The predicted octanol–water partition coefficient (Wildman–Crippen LogP) is 7.07. The topological polar surface area (TPSA) is 75.3 Å². The Balaban J connectivity index is 2.14. The van der Waals surface area contributed by atoms with Crippen molar-refractivity contribution in [1.82, 2.24) is 5.32 Å². The van der Waals surface area contributed by atoms with E-state index in [9.17, 15) is 4.57 Å². The van der Waals surface area contributed by atoms with Crippen molar-refractivity contribution in [2.75, 3.05) is 34.5 Å². The SMILES string of the molecule is CCOP(=O)(OCC)C(NC1CCCCC1)c1c(/C=C/c2ccc(OC)cc2)cc(OC)cc1OC. The number of ether oxygens (including phenoxy) is 3. The summed E-state index contributed by atoms with van der Waals surface area (Å²) in [5, 5.41) is 3.66. The molecular formula is C28H40NO6P. The smallest absolute Gasteiger partial charge is 0.352 e. The van der Waals surface area contributed by atoms with Crippen LogP contribution in [0.3, 0.4) is 0 Å². The van der Waals surface area contributed by atoms with Crippen molar-refractivity contribution >= 4 is 19.7 Å².